The minimum absolute atomic E-state index is 0.0963. The van der Waals surface area contributed by atoms with Crippen molar-refractivity contribution in [3.8, 4) is 11.5 Å². The Hall–Kier alpha value is -1.36. The summed E-state index contributed by atoms with van der Waals surface area (Å²) in [5.74, 6) is 0.567. The minimum atomic E-state index is -0.763. The van der Waals surface area contributed by atoms with Gasteiger partial charge in [0.1, 0.15) is 0 Å². The van der Waals surface area contributed by atoms with Gasteiger partial charge < -0.3 is 15.3 Å². The third-order valence-corrected chi connectivity index (χ3v) is 3.32. The average molecular weight is 256 g/mol. The molecule has 1 rings (SSSR count). The number of phenols is 2. The van der Waals surface area contributed by atoms with E-state index in [4.69, 9.17) is 10.2 Å². The summed E-state index contributed by atoms with van der Waals surface area (Å²) < 4.78 is 0. The molecule has 94 valence electrons. The molecule has 3 N–H and O–H groups in total. The summed E-state index contributed by atoms with van der Waals surface area (Å²) in [4.78, 5) is 10.3. The zero-order valence-electron chi connectivity index (χ0n) is 9.43. The molecule has 17 heavy (non-hydrogen) atoms. The smallest absolute Gasteiger partial charge is 0.304 e. The summed E-state index contributed by atoms with van der Waals surface area (Å²) in [6.07, 6.45) is 1.94. The van der Waals surface area contributed by atoms with Gasteiger partial charge in [0.05, 0.1) is 6.42 Å². The molecule has 0 amide bonds. The van der Waals surface area contributed by atoms with Crippen molar-refractivity contribution in [2.45, 2.75) is 19.3 Å². The van der Waals surface area contributed by atoms with E-state index in [1.807, 2.05) is 0 Å². The summed E-state index contributed by atoms with van der Waals surface area (Å²) in [6, 6.07) is 4.80. The molecule has 0 saturated heterocycles. The molecule has 0 heterocycles. The molecular weight excluding hydrogens is 240 g/mol. The third-order valence-electron chi connectivity index (χ3n) is 2.25. The highest BCUT2D eigenvalue weighted by atomic mass is 32.2. The van der Waals surface area contributed by atoms with Gasteiger partial charge in [0.2, 0.25) is 0 Å². The second-order valence-electron chi connectivity index (χ2n) is 3.68. The van der Waals surface area contributed by atoms with E-state index in [1.54, 1.807) is 23.9 Å². The van der Waals surface area contributed by atoms with Crippen molar-refractivity contribution in [1.82, 2.24) is 0 Å². The lowest BCUT2D eigenvalue weighted by Crippen LogP contribution is -1.97. The maximum atomic E-state index is 10.3. The Kier molecular flexibility index (Phi) is 5.69. The van der Waals surface area contributed by atoms with E-state index in [0.29, 0.717) is 5.75 Å². The lowest BCUT2D eigenvalue weighted by molar-refractivity contribution is -0.136. The van der Waals surface area contributed by atoms with E-state index < -0.39 is 5.97 Å². The molecule has 0 atom stereocenters. The molecule has 0 unspecified atom stereocenters. The van der Waals surface area contributed by atoms with E-state index >= 15 is 0 Å². The molecule has 1 aromatic rings. The van der Waals surface area contributed by atoms with Gasteiger partial charge in [0, 0.05) is 5.75 Å². The monoisotopic (exact) mass is 256 g/mol. The zero-order valence-corrected chi connectivity index (χ0v) is 10.2. The number of rotatable bonds is 7. The Labute approximate surface area is 104 Å². The van der Waals surface area contributed by atoms with E-state index in [1.165, 1.54) is 6.07 Å². The fraction of sp³-hybridized carbons (Fsp3) is 0.417. The highest BCUT2D eigenvalue weighted by Gasteiger charge is 2.01. The van der Waals surface area contributed by atoms with Crippen LogP contribution in [0.1, 0.15) is 18.4 Å². The molecular formula is C12H16O4S. The van der Waals surface area contributed by atoms with Crippen LogP contribution in [-0.2, 0) is 11.2 Å². The average Bonchev–Trinajstić information content (AvgIpc) is 2.27. The Balaban J connectivity index is 2.18. The van der Waals surface area contributed by atoms with E-state index in [-0.39, 0.29) is 17.9 Å². The normalized spacial score (nSPS) is 10.4. The van der Waals surface area contributed by atoms with Crippen LogP contribution in [-0.4, -0.2) is 32.8 Å². The number of aliphatic carboxylic acids is 1. The highest BCUT2D eigenvalue weighted by Crippen LogP contribution is 2.25. The van der Waals surface area contributed by atoms with Gasteiger partial charge in [0.25, 0.3) is 0 Å². The first-order valence-electron chi connectivity index (χ1n) is 5.40. The van der Waals surface area contributed by atoms with Gasteiger partial charge in [-0.1, -0.05) is 6.07 Å². The van der Waals surface area contributed by atoms with Gasteiger partial charge in [-0.2, -0.15) is 11.8 Å². The second kappa shape index (κ2) is 7.06. The Morgan fingerprint density at radius 2 is 1.94 bits per heavy atom. The number of carboxylic acid groups (broad SMARTS) is 1. The number of carbonyl (C=O) groups is 1. The molecule has 0 aliphatic heterocycles. The van der Waals surface area contributed by atoms with Crippen LogP contribution in [0.3, 0.4) is 0 Å². The van der Waals surface area contributed by atoms with Gasteiger partial charge in [0.15, 0.2) is 11.5 Å². The number of hydrogen-bond acceptors (Lipinski definition) is 4. The van der Waals surface area contributed by atoms with Crippen molar-refractivity contribution >= 4 is 17.7 Å². The number of aryl methyl sites for hydroxylation is 1. The lowest BCUT2D eigenvalue weighted by atomic mass is 10.1. The van der Waals surface area contributed by atoms with Gasteiger partial charge in [-0.3, -0.25) is 4.79 Å². The predicted molar refractivity (Wildman–Crippen MR) is 67.7 cm³/mol. The molecule has 1 aromatic carbocycles. The predicted octanol–water partition coefficient (Wildman–Crippen LogP) is 2.24. The van der Waals surface area contributed by atoms with E-state index in [9.17, 15) is 9.90 Å². The quantitative estimate of drug-likeness (QED) is 0.515. The molecule has 0 radical (unpaired) electrons. The Morgan fingerprint density at radius 1 is 1.18 bits per heavy atom. The first kappa shape index (κ1) is 13.7. The molecule has 0 aliphatic carbocycles. The molecule has 5 heteroatoms. The molecule has 0 spiro atoms. The maximum absolute atomic E-state index is 10.3. The van der Waals surface area contributed by atoms with E-state index in [2.05, 4.69) is 0 Å². The molecule has 0 aliphatic rings. The van der Waals surface area contributed by atoms with E-state index in [0.717, 1.165) is 24.2 Å². The topological polar surface area (TPSA) is 77.8 Å². The van der Waals surface area contributed by atoms with Gasteiger partial charge in [-0.25, -0.2) is 0 Å². The summed E-state index contributed by atoms with van der Waals surface area (Å²) in [5, 5.41) is 26.8. The van der Waals surface area contributed by atoms with Crippen LogP contribution in [0.4, 0.5) is 0 Å². The van der Waals surface area contributed by atoms with Crippen LogP contribution in [0.5, 0.6) is 11.5 Å². The van der Waals surface area contributed by atoms with Crippen LogP contribution in [0.25, 0.3) is 0 Å². The number of hydrogen-bond donors (Lipinski definition) is 3. The van der Waals surface area contributed by atoms with Crippen LogP contribution in [0, 0.1) is 0 Å². The Morgan fingerprint density at radius 3 is 2.59 bits per heavy atom. The van der Waals surface area contributed by atoms with Crippen molar-refractivity contribution in [3.63, 3.8) is 0 Å². The second-order valence-corrected chi connectivity index (χ2v) is 4.91. The van der Waals surface area contributed by atoms with Gasteiger partial charge in [-0.15, -0.1) is 0 Å². The molecule has 0 aromatic heterocycles. The number of benzene rings is 1. The van der Waals surface area contributed by atoms with Crippen LogP contribution >= 0.6 is 11.8 Å². The number of thioether (sulfide) groups is 1. The van der Waals surface area contributed by atoms with Crippen molar-refractivity contribution in [2.24, 2.45) is 0 Å². The Bertz CT molecular complexity index is 379. The first-order valence-corrected chi connectivity index (χ1v) is 6.55. The molecule has 0 saturated carbocycles. The fourth-order valence-electron chi connectivity index (χ4n) is 1.36. The van der Waals surface area contributed by atoms with Gasteiger partial charge in [-0.05, 0) is 36.3 Å². The lowest BCUT2D eigenvalue weighted by Gasteiger charge is -2.03. The van der Waals surface area contributed by atoms with Gasteiger partial charge >= 0.3 is 5.97 Å². The SMILES string of the molecule is O=C(O)CCSCCCc1ccc(O)c(O)c1. The van der Waals surface area contributed by atoms with Crippen LogP contribution < -0.4 is 0 Å². The summed E-state index contributed by atoms with van der Waals surface area (Å²) >= 11 is 1.62. The molecule has 0 bridgehead atoms. The van der Waals surface area contributed by atoms with Crippen molar-refractivity contribution in [2.75, 3.05) is 11.5 Å². The molecule has 4 nitrogen and oxygen atoms in total. The number of carboxylic acids is 1. The summed E-state index contributed by atoms with van der Waals surface area (Å²) in [7, 11) is 0. The van der Waals surface area contributed by atoms with Crippen LogP contribution in [0.15, 0.2) is 18.2 Å². The van der Waals surface area contributed by atoms with Crippen molar-refractivity contribution in [3.05, 3.63) is 23.8 Å². The summed E-state index contributed by atoms with van der Waals surface area (Å²) in [6.45, 7) is 0. The fourth-order valence-corrected chi connectivity index (χ4v) is 2.24. The number of phenolic OH excluding ortho intramolecular Hbond substituents is 2. The van der Waals surface area contributed by atoms with Crippen molar-refractivity contribution < 1.29 is 20.1 Å². The minimum Gasteiger partial charge on any atom is -0.504 e. The standard InChI is InChI=1S/C12H16O4S/c13-10-4-3-9(8-11(10)14)2-1-6-17-7-5-12(15)16/h3-4,8,13-14H,1-2,5-7H2,(H,15,16). The summed E-state index contributed by atoms with van der Waals surface area (Å²) in [5.41, 5.74) is 0.971. The first-order chi connectivity index (χ1) is 8.09. The maximum Gasteiger partial charge on any atom is 0.304 e. The third kappa shape index (κ3) is 5.49. The zero-order chi connectivity index (χ0) is 12.7. The number of aromatic hydroxyl groups is 2. The largest absolute Gasteiger partial charge is 0.504 e. The van der Waals surface area contributed by atoms with Crippen LogP contribution in [0.2, 0.25) is 0 Å². The van der Waals surface area contributed by atoms with Crippen molar-refractivity contribution in [1.29, 1.82) is 0 Å². The molecule has 0 fully saturated rings. The highest BCUT2D eigenvalue weighted by molar-refractivity contribution is 7.99.